The fourth-order valence-electron chi connectivity index (χ4n) is 3.83. The number of aryl methyl sites for hydroxylation is 1. The van der Waals surface area contributed by atoms with E-state index in [0.717, 1.165) is 24.0 Å². The summed E-state index contributed by atoms with van der Waals surface area (Å²) in [5.41, 5.74) is 3.25. The summed E-state index contributed by atoms with van der Waals surface area (Å²) in [4.78, 5) is 14.0. The van der Waals surface area contributed by atoms with E-state index >= 15 is 0 Å². The van der Waals surface area contributed by atoms with Crippen molar-refractivity contribution < 1.29 is 23.4 Å². The summed E-state index contributed by atoms with van der Waals surface area (Å²) in [6.07, 6.45) is 4.40. The van der Waals surface area contributed by atoms with Crippen molar-refractivity contribution in [1.82, 2.24) is 4.72 Å². The number of hydrogen-bond acceptors (Lipinski definition) is 5. The summed E-state index contributed by atoms with van der Waals surface area (Å²) >= 11 is 0. The van der Waals surface area contributed by atoms with Crippen molar-refractivity contribution in [3.05, 3.63) is 89.5 Å². The molecule has 170 valence electrons. The Morgan fingerprint density at radius 3 is 2.48 bits per heavy atom. The minimum atomic E-state index is -3.71. The van der Waals surface area contributed by atoms with Crippen LogP contribution in [-0.4, -0.2) is 31.6 Å². The van der Waals surface area contributed by atoms with Crippen LogP contribution in [0.2, 0.25) is 0 Å². The summed E-state index contributed by atoms with van der Waals surface area (Å²) in [6.45, 7) is 0. The summed E-state index contributed by atoms with van der Waals surface area (Å²) in [5, 5.41) is 18.9. The van der Waals surface area contributed by atoms with Gasteiger partial charge in [-0.05, 0) is 72.0 Å². The second-order valence-corrected chi connectivity index (χ2v) is 9.60. The van der Waals surface area contributed by atoms with Crippen molar-refractivity contribution in [3.8, 4) is 11.5 Å². The highest BCUT2D eigenvalue weighted by Crippen LogP contribution is 2.32. The lowest BCUT2D eigenvalue weighted by atomic mass is 10.1. The Morgan fingerprint density at radius 1 is 1.03 bits per heavy atom. The number of carbonyl (C=O) groups is 1. The number of amides is 1. The first-order chi connectivity index (χ1) is 15.7. The van der Waals surface area contributed by atoms with E-state index < -0.39 is 10.0 Å². The Balaban J connectivity index is 1.44. The lowest BCUT2D eigenvalue weighted by molar-refractivity contribution is -0.113. The predicted molar refractivity (Wildman–Crippen MR) is 126 cm³/mol. The van der Waals surface area contributed by atoms with Crippen LogP contribution in [0.15, 0.2) is 77.7 Å². The molecule has 7 nitrogen and oxygen atoms in total. The molecule has 0 saturated heterocycles. The molecular formula is C25H24N2O5S. The van der Waals surface area contributed by atoms with Gasteiger partial charge in [0.2, 0.25) is 10.0 Å². The summed E-state index contributed by atoms with van der Waals surface area (Å²) in [7, 11) is -2.13. The molecule has 1 atom stereocenters. The number of benzene rings is 3. The first-order valence-corrected chi connectivity index (χ1v) is 11.9. The minimum Gasteiger partial charge on any atom is -0.504 e. The van der Waals surface area contributed by atoms with Gasteiger partial charge in [-0.15, -0.1) is 0 Å². The van der Waals surface area contributed by atoms with Gasteiger partial charge in [0.1, 0.15) is 0 Å². The van der Waals surface area contributed by atoms with Crippen molar-refractivity contribution in [2.45, 2.75) is 23.8 Å². The molecule has 0 saturated carbocycles. The molecule has 8 heteroatoms. The van der Waals surface area contributed by atoms with Gasteiger partial charge in [0, 0.05) is 24.9 Å². The first kappa shape index (κ1) is 22.6. The molecule has 0 aromatic heterocycles. The van der Waals surface area contributed by atoms with Gasteiger partial charge in [-0.2, -0.15) is 0 Å². The number of rotatable bonds is 6. The number of anilines is 1. The molecule has 1 aliphatic carbocycles. The monoisotopic (exact) mass is 464 g/mol. The Morgan fingerprint density at radius 2 is 1.76 bits per heavy atom. The molecule has 4 rings (SSSR count). The molecule has 1 amide bonds. The molecule has 33 heavy (non-hydrogen) atoms. The molecular weight excluding hydrogens is 440 g/mol. The normalized spacial score (nSPS) is 15.5. The average Bonchev–Trinajstić information content (AvgIpc) is 3.21. The number of aromatic hydroxyl groups is 2. The van der Waals surface area contributed by atoms with Gasteiger partial charge < -0.3 is 15.1 Å². The largest absolute Gasteiger partial charge is 0.504 e. The number of sulfonamides is 1. The van der Waals surface area contributed by atoms with E-state index in [2.05, 4.69) is 4.72 Å². The summed E-state index contributed by atoms with van der Waals surface area (Å²) in [6, 6.07) is 17.9. The van der Waals surface area contributed by atoms with Crippen LogP contribution < -0.4 is 9.62 Å². The van der Waals surface area contributed by atoms with Crippen LogP contribution in [0, 0.1) is 0 Å². The summed E-state index contributed by atoms with van der Waals surface area (Å²) < 4.78 is 28.6. The van der Waals surface area contributed by atoms with Gasteiger partial charge in [0.25, 0.3) is 5.91 Å². The molecule has 1 aliphatic rings. The number of nitrogens with one attached hydrogen (secondary N) is 1. The molecule has 0 fully saturated rings. The zero-order valence-corrected chi connectivity index (χ0v) is 18.8. The fraction of sp³-hybridized carbons (Fsp3) is 0.160. The zero-order valence-electron chi connectivity index (χ0n) is 18.0. The second-order valence-electron chi connectivity index (χ2n) is 7.88. The molecule has 3 aromatic rings. The maximum Gasteiger partial charge on any atom is 0.250 e. The lowest BCUT2D eigenvalue weighted by Crippen LogP contribution is -2.27. The van der Waals surface area contributed by atoms with Crippen LogP contribution in [0.5, 0.6) is 11.5 Å². The van der Waals surface area contributed by atoms with E-state index in [9.17, 15) is 23.4 Å². The highest BCUT2D eigenvalue weighted by Gasteiger charge is 2.27. The van der Waals surface area contributed by atoms with Gasteiger partial charge in [-0.3, -0.25) is 4.79 Å². The summed E-state index contributed by atoms with van der Waals surface area (Å²) in [5.74, 6) is -0.847. The number of likely N-dealkylation sites (N-methyl/N-ethyl adjacent to an activating group) is 1. The number of phenolic OH excluding ortho intramolecular Hbond substituents is 2. The van der Waals surface area contributed by atoms with E-state index in [-0.39, 0.29) is 28.3 Å². The highest BCUT2D eigenvalue weighted by atomic mass is 32.2. The third-order valence-electron chi connectivity index (χ3n) is 5.71. The molecule has 1 unspecified atom stereocenters. The van der Waals surface area contributed by atoms with Crippen molar-refractivity contribution in [1.29, 1.82) is 0 Å². The number of hydrogen-bond donors (Lipinski definition) is 3. The van der Waals surface area contributed by atoms with Crippen LogP contribution in [0.4, 0.5) is 5.69 Å². The first-order valence-electron chi connectivity index (χ1n) is 10.4. The molecule has 0 heterocycles. The SMILES string of the molecule is CN(C(=O)/C=C/c1ccc(O)c(O)c1)c1ccc(S(=O)(=O)NC2CCc3ccccc32)cc1. The Bertz CT molecular complexity index is 1320. The Kier molecular flexibility index (Phi) is 6.22. The maximum absolute atomic E-state index is 12.9. The second kappa shape index (κ2) is 9.09. The van der Waals surface area contributed by atoms with Crippen molar-refractivity contribution >= 4 is 27.7 Å². The Hall–Kier alpha value is -3.62. The fourth-order valence-corrected chi connectivity index (χ4v) is 5.08. The molecule has 3 aromatic carbocycles. The van der Waals surface area contributed by atoms with Crippen LogP contribution in [0.1, 0.15) is 29.2 Å². The van der Waals surface area contributed by atoms with Crippen LogP contribution in [-0.2, 0) is 21.2 Å². The Labute approximate surface area is 192 Å². The quantitative estimate of drug-likeness (QED) is 0.381. The van der Waals surface area contributed by atoms with E-state index in [1.807, 2.05) is 24.3 Å². The van der Waals surface area contributed by atoms with Gasteiger partial charge in [-0.25, -0.2) is 13.1 Å². The maximum atomic E-state index is 12.9. The number of carbonyl (C=O) groups excluding carboxylic acids is 1. The zero-order chi connectivity index (χ0) is 23.6. The van der Waals surface area contributed by atoms with Crippen LogP contribution in [0.3, 0.4) is 0 Å². The molecule has 0 bridgehead atoms. The number of nitrogens with zero attached hydrogens (tertiary/aromatic N) is 1. The number of phenols is 2. The highest BCUT2D eigenvalue weighted by molar-refractivity contribution is 7.89. The van der Waals surface area contributed by atoms with E-state index in [0.29, 0.717) is 11.3 Å². The van der Waals surface area contributed by atoms with Gasteiger partial charge in [0.05, 0.1) is 4.90 Å². The van der Waals surface area contributed by atoms with Crippen molar-refractivity contribution in [3.63, 3.8) is 0 Å². The van der Waals surface area contributed by atoms with E-state index in [4.69, 9.17) is 0 Å². The number of fused-ring (bicyclic) bond motifs is 1. The third-order valence-corrected chi connectivity index (χ3v) is 7.20. The van der Waals surface area contributed by atoms with Crippen molar-refractivity contribution in [2.75, 3.05) is 11.9 Å². The average molecular weight is 465 g/mol. The van der Waals surface area contributed by atoms with Crippen LogP contribution in [0.25, 0.3) is 6.08 Å². The molecule has 0 radical (unpaired) electrons. The van der Waals surface area contributed by atoms with Gasteiger partial charge >= 0.3 is 0 Å². The molecule has 0 aliphatic heterocycles. The topological polar surface area (TPSA) is 107 Å². The van der Waals surface area contributed by atoms with E-state index in [1.54, 1.807) is 25.2 Å². The van der Waals surface area contributed by atoms with Gasteiger partial charge in [-0.1, -0.05) is 30.3 Å². The van der Waals surface area contributed by atoms with Crippen molar-refractivity contribution in [2.24, 2.45) is 0 Å². The van der Waals surface area contributed by atoms with Gasteiger partial charge in [0.15, 0.2) is 11.5 Å². The molecule has 3 N–H and O–H groups in total. The van der Waals surface area contributed by atoms with E-state index in [1.165, 1.54) is 41.3 Å². The minimum absolute atomic E-state index is 0.131. The third kappa shape index (κ3) is 4.92. The standard InChI is InChI=1S/C25H24N2O5S/c1-27(25(30)15-7-17-6-14-23(28)24(29)16-17)19-9-11-20(12-10-19)33(31,32)26-22-13-8-18-4-2-3-5-21(18)22/h2-7,9-12,14-16,22,26,28-29H,8,13H2,1H3/b15-7+. The van der Waals surface area contributed by atoms with Crippen LogP contribution >= 0.6 is 0 Å². The molecule has 0 spiro atoms. The smallest absolute Gasteiger partial charge is 0.250 e. The predicted octanol–water partition coefficient (Wildman–Crippen LogP) is 3.74. The lowest BCUT2D eigenvalue weighted by Gasteiger charge is -2.17.